The second kappa shape index (κ2) is 5.60. The Morgan fingerprint density at radius 3 is 2.50 bits per heavy atom. The summed E-state index contributed by atoms with van der Waals surface area (Å²) in [6.45, 7) is 2.15. The van der Waals surface area contributed by atoms with E-state index in [1.54, 1.807) is 0 Å². The summed E-state index contributed by atoms with van der Waals surface area (Å²) < 4.78 is 0.448. The van der Waals surface area contributed by atoms with E-state index in [4.69, 9.17) is 0 Å². The Bertz CT molecular complexity index is 70.9. The minimum atomic E-state index is 0.448. The van der Waals surface area contributed by atoms with Gasteiger partial charge in [-0.05, 0) is 0 Å². The molecule has 2 heteroatoms. The summed E-state index contributed by atoms with van der Waals surface area (Å²) >= 11 is 0.805. The van der Waals surface area contributed by atoms with Crippen LogP contribution in [0, 0.1) is 0 Å². The predicted molar refractivity (Wildman–Crippen MR) is 36.3 cm³/mol. The second-order valence-corrected chi connectivity index (χ2v) is 3.76. The first kappa shape index (κ1) is 8.47. The molecule has 0 N–H and O–H groups in total. The zero-order valence-corrected chi connectivity index (χ0v) is 8.61. The van der Waals surface area contributed by atoms with Crippen LogP contribution < -0.4 is 0 Å². The van der Waals surface area contributed by atoms with Crippen LogP contribution in [0.5, 0.6) is 0 Å². The van der Waals surface area contributed by atoms with Crippen molar-refractivity contribution in [1.29, 1.82) is 0 Å². The van der Waals surface area contributed by atoms with Crippen LogP contribution in [-0.2, 0) is 4.79 Å². The molecule has 0 spiro atoms. The third-order valence-electron chi connectivity index (χ3n) is 1.03. The van der Waals surface area contributed by atoms with Crippen molar-refractivity contribution in [2.24, 2.45) is 0 Å². The molecule has 0 saturated heterocycles. The van der Waals surface area contributed by atoms with Crippen LogP contribution >= 0.6 is 0 Å². The molecule has 0 aliphatic carbocycles. The Morgan fingerprint density at radius 2 is 2.12 bits per heavy atom. The van der Waals surface area contributed by atoms with Gasteiger partial charge in [-0.25, -0.2) is 0 Å². The predicted octanol–water partition coefficient (Wildman–Crippen LogP) is 0.994. The van der Waals surface area contributed by atoms with Crippen molar-refractivity contribution in [3.63, 3.8) is 0 Å². The Labute approximate surface area is 63.9 Å². The molecule has 8 heavy (non-hydrogen) atoms. The third-order valence-corrected chi connectivity index (χ3v) is 1.85. The monoisotopic (exact) mass is 220 g/mol. The average molecular weight is 219 g/mol. The molecule has 2 radical (unpaired) electrons. The molecule has 0 atom stereocenters. The van der Waals surface area contributed by atoms with E-state index in [0.29, 0.717) is 3.80 Å². The molecule has 0 aromatic carbocycles. The summed E-state index contributed by atoms with van der Waals surface area (Å²) in [4.78, 5) is 10.4. The van der Waals surface area contributed by atoms with Crippen LogP contribution in [0.3, 0.4) is 0 Å². The quantitative estimate of drug-likeness (QED) is 0.509. The van der Waals surface area contributed by atoms with Crippen molar-refractivity contribution in [2.45, 2.75) is 32.6 Å². The first-order valence-electron chi connectivity index (χ1n) is 3.05. The van der Waals surface area contributed by atoms with Gasteiger partial charge in [0.25, 0.3) is 0 Å². The van der Waals surface area contributed by atoms with Gasteiger partial charge in [-0.3, -0.25) is 0 Å². The molecule has 0 aromatic heterocycles. The fourth-order valence-corrected chi connectivity index (χ4v) is 1.13. The molecular formula is C6H12OSn. The maximum absolute atomic E-state index is 10.4. The Balaban J connectivity index is 2.82. The van der Waals surface area contributed by atoms with Crippen LogP contribution in [0.4, 0.5) is 0 Å². The van der Waals surface area contributed by atoms with E-state index in [9.17, 15) is 4.79 Å². The number of hydrogen-bond acceptors (Lipinski definition) is 1. The molecule has 0 unspecified atom stereocenters. The van der Waals surface area contributed by atoms with E-state index in [0.717, 1.165) is 35.4 Å². The summed E-state index contributed by atoms with van der Waals surface area (Å²) in [7, 11) is 0. The van der Waals surface area contributed by atoms with Crippen molar-refractivity contribution in [2.75, 3.05) is 0 Å². The summed E-state index contributed by atoms with van der Waals surface area (Å²) in [5.74, 6) is 0. The van der Waals surface area contributed by atoms with Gasteiger partial charge in [-0.1, -0.05) is 0 Å². The normalized spacial score (nSPS) is 9.25. The van der Waals surface area contributed by atoms with Crippen LogP contribution in [-0.4, -0.2) is 26.3 Å². The van der Waals surface area contributed by atoms with Crippen molar-refractivity contribution < 1.29 is 4.79 Å². The van der Waals surface area contributed by atoms with Crippen molar-refractivity contribution in [3.05, 3.63) is 0 Å². The van der Waals surface area contributed by atoms with Gasteiger partial charge in [0.1, 0.15) is 0 Å². The molecule has 0 bridgehead atoms. The van der Waals surface area contributed by atoms with Crippen LogP contribution in [0.25, 0.3) is 0 Å². The standard InChI is InChI=1S/C6H11O.Sn.H/c1-2-3-4-5-6-7;;/h2-5H2,1H3;;. The van der Waals surface area contributed by atoms with E-state index >= 15 is 0 Å². The van der Waals surface area contributed by atoms with E-state index < -0.39 is 0 Å². The minimum absolute atomic E-state index is 0.448. The van der Waals surface area contributed by atoms with E-state index in [1.165, 1.54) is 12.8 Å². The number of unbranched alkanes of at least 4 members (excludes halogenated alkanes) is 2. The van der Waals surface area contributed by atoms with Crippen LogP contribution in [0.1, 0.15) is 32.6 Å². The molecule has 46 valence electrons. The van der Waals surface area contributed by atoms with E-state index in [-0.39, 0.29) is 0 Å². The molecule has 0 rings (SSSR count). The van der Waals surface area contributed by atoms with Crippen LogP contribution in [0.2, 0.25) is 0 Å². The number of carbonyl (C=O) groups excluding carboxylic acids is 1. The van der Waals surface area contributed by atoms with Crippen LogP contribution in [0.15, 0.2) is 0 Å². The topological polar surface area (TPSA) is 17.1 Å². The van der Waals surface area contributed by atoms with Crippen molar-refractivity contribution in [1.82, 2.24) is 0 Å². The number of rotatable bonds is 4. The zero-order chi connectivity index (χ0) is 6.41. The van der Waals surface area contributed by atoms with Gasteiger partial charge >= 0.3 is 63.7 Å². The Kier molecular flexibility index (Phi) is 5.93. The van der Waals surface area contributed by atoms with Gasteiger partial charge in [0.15, 0.2) is 0 Å². The molecular weight excluding hydrogens is 207 g/mol. The van der Waals surface area contributed by atoms with Crippen molar-refractivity contribution >= 4 is 26.3 Å². The van der Waals surface area contributed by atoms with Gasteiger partial charge in [0.2, 0.25) is 0 Å². The van der Waals surface area contributed by atoms with Gasteiger partial charge in [0, 0.05) is 0 Å². The Hall–Kier alpha value is 0.469. The number of hydrogen-bond donors (Lipinski definition) is 0. The summed E-state index contributed by atoms with van der Waals surface area (Å²) in [6.07, 6.45) is 4.37. The number of carbonyl (C=O) groups is 1. The molecule has 0 amide bonds. The third kappa shape index (κ3) is 6.47. The van der Waals surface area contributed by atoms with Gasteiger partial charge in [0.05, 0.1) is 0 Å². The zero-order valence-electron chi connectivity index (χ0n) is 5.31. The first-order valence-corrected chi connectivity index (χ1v) is 4.70. The molecule has 0 aliphatic rings. The van der Waals surface area contributed by atoms with E-state index in [1.807, 2.05) is 0 Å². The maximum atomic E-state index is 10.4. The molecule has 0 heterocycles. The van der Waals surface area contributed by atoms with Gasteiger partial charge in [-0.2, -0.15) is 0 Å². The second-order valence-electron chi connectivity index (χ2n) is 1.92. The summed E-state index contributed by atoms with van der Waals surface area (Å²) in [5.41, 5.74) is 0. The SMILES string of the molecule is CCCCC[C](=O)[SnH]. The molecule has 0 saturated carbocycles. The molecule has 1 nitrogen and oxygen atoms in total. The molecule has 0 fully saturated rings. The summed E-state index contributed by atoms with van der Waals surface area (Å²) in [6, 6.07) is 0. The Morgan fingerprint density at radius 1 is 1.50 bits per heavy atom. The van der Waals surface area contributed by atoms with Gasteiger partial charge in [-0.15, -0.1) is 0 Å². The van der Waals surface area contributed by atoms with Crippen molar-refractivity contribution in [3.8, 4) is 0 Å². The fourth-order valence-electron chi connectivity index (χ4n) is 0.549. The van der Waals surface area contributed by atoms with E-state index in [2.05, 4.69) is 6.92 Å². The van der Waals surface area contributed by atoms with Gasteiger partial charge < -0.3 is 0 Å². The average Bonchev–Trinajstić information content (AvgIpc) is 1.66. The fraction of sp³-hybridized carbons (Fsp3) is 0.833. The molecule has 0 aliphatic heterocycles. The first-order chi connectivity index (χ1) is 3.77. The summed E-state index contributed by atoms with van der Waals surface area (Å²) in [5, 5.41) is 0. The molecule has 0 aromatic rings.